The molecule has 0 fully saturated rings. The first-order valence-corrected chi connectivity index (χ1v) is 2.90. The summed E-state index contributed by atoms with van der Waals surface area (Å²) in [5.41, 5.74) is 0. The third-order valence-electron chi connectivity index (χ3n) is 0.952. The fraction of sp³-hybridized carbons (Fsp3) is 1.00. The van der Waals surface area contributed by atoms with Gasteiger partial charge in [-0.1, -0.05) is 19.8 Å². The summed E-state index contributed by atoms with van der Waals surface area (Å²) in [6.07, 6.45) is 3.80. The van der Waals surface area contributed by atoms with E-state index < -0.39 is 0 Å². The van der Waals surface area contributed by atoms with E-state index in [1.165, 1.54) is 19.3 Å². The van der Waals surface area contributed by atoms with Crippen molar-refractivity contribution in [3.63, 3.8) is 0 Å². The molecule has 0 N–H and O–H groups in total. The van der Waals surface area contributed by atoms with Crippen LogP contribution in [0.1, 0.15) is 26.2 Å². The standard InChI is InChI=1S/C5H13BO/c1-2-3-4-5-7-6/h2-6H2,1H3. The van der Waals surface area contributed by atoms with Crippen LogP contribution in [-0.2, 0) is 4.65 Å². The van der Waals surface area contributed by atoms with Crippen molar-refractivity contribution >= 4 is 8.05 Å². The molecule has 7 heavy (non-hydrogen) atoms. The first kappa shape index (κ1) is 7.02. The van der Waals surface area contributed by atoms with Crippen LogP contribution in [-0.4, -0.2) is 14.7 Å². The molecule has 42 valence electrons. The highest BCUT2D eigenvalue weighted by atomic mass is 16.4. The fourth-order valence-electron chi connectivity index (χ4n) is 0.496. The largest absolute Gasteiger partial charge is 0.444 e. The molecular formula is C5H13BO. The second kappa shape index (κ2) is 6.02. The van der Waals surface area contributed by atoms with Crippen LogP contribution in [0.15, 0.2) is 0 Å². The van der Waals surface area contributed by atoms with Gasteiger partial charge in [0.15, 0.2) is 0 Å². The van der Waals surface area contributed by atoms with Gasteiger partial charge in [0.25, 0.3) is 8.05 Å². The zero-order valence-electron chi connectivity index (χ0n) is 5.24. The Kier molecular flexibility index (Phi) is 6.05. The van der Waals surface area contributed by atoms with Crippen molar-refractivity contribution in [1.29, 1.82) is 0 Å². The minimum Gasteiger partial charge on any atom is -0.444 e. The second-order valence-electron chi connectivity index (χ2n) is 1.70. The van der Waals surface area contributed by atoms with Crippen molar-refractivity contribution in [2.75, 3.05) is 6.61 Å². The van der Waals surface area contributed by atoms with Gasteiger partial charge in [0.1, 0.15) is 0 Å². The maximum absolute atomic E-state index is 4.84. The lowest BCUT2D eigenvalue weighted by atomic mass is 10.3. The highest BCUT2D eigenvalue weighted by molar-refractivity contribution is 5.97. The molecule has 0 saturated heterocycles. The maximum Gasteiger partial charge on any atom is 0.257 e. The number of hydrogen-bond acceptors (Lipinski definition) is 1. The van der Waals surface area contributed by atoms with Crippen LogP contribution in [0.2, 0.25) is 0 Å². The van der Waals surface area contributed by atoms with E-state index in [0.29, 0.717) is 0 Å². The van der Waals surface area contributed by atoms with E-state index in [9.17, 15) is 0 Å². The number of rotatable bonds is 4. The topological polar surface area (TPSA) is 9.23 Å². The molecule has 0 aliphatic heterocycles. The summed E-state index contributed by atoms with van der Waals surface area (Å²) in [6, 6.07) is 0. The summed E-state index contributed by atoms with van der Waals surface area (Å²) in [6.45, 7) is 3.11. The molecule has 0 spiro atoms. The predicted molar refractivity (Wildman–Crippen MR) is 34.0 cm³/mol. The molecule has 0 radical (unpaired) electrons. The average Bonchev–Trinajstić information content (AvgIpc) is 1.69. The molecular weight excluding hydrogens is 86.9 g/mol. The smallest absolute Gasteiger partial charge is 0.257 e. The molecule has 0 aliphatic rings. The van der Waals surface area contributed by atoms with E-state index in [0.717, 1.165) is 6.61 Å². The predicted octanol–water partition coefficient (Wildman–Crippen LogP) is 0.741. The Morgan fingerprint density at radius 1 is 1.43 bits per heavy atom. The minimum atomic E-state index is 0.924. The molecule has 1 nitrogen and oxygen atoms in total. The number of hydrogen-bond donors (Lipinski definition) is 0. The Bertz CT molecular complexity index is 27.3. The van der Waals surface area contributed by atoms with Crippen LogP contribution in [0, 0.1) is 0 Å². The van der Waals surface area contributed by atoms with Crippen LogP contribution in [0.25, 0.3) is 0 Å². The van der Waals surface area contributed by atoms with Gasteiger partial charge in [-0.05, 0) is 6.42 Å². The number of unbranched alkanes of at least 4 members (excludes halogenated alkanes) is 2. The van der Waals surface area contributed by atoms with Crippen LogP contribution in [0.3, 0.4) is 0 Å². The summed E-state index contributed by atoms with van der Waals surface area (Å²) in [5.74, 6) is 0. The van der Waals surface area contributed by atoms with Gasteiger partial charge < -0.3 is 4.65 Å². The lowest BCUT2D eigenvalue weighted by Gasteiger charge is -1.93. The van der Waals surface area contributed by atoms with Crippen LogP contribution < -0.4 is 0 Å². The minimum absolute atomic E-state index is 0.924. The lowest BCUT2D eigenvalue weighted by Crippen LogP contribution is -1.87. The molecule has 0 aliphatic carbocycles. The van der Waals surface area contributed by atoms with Gasteiger partial charge in [0, 0.05) is 6.61 Å². The van der Waals surface area contributed by atoms with Crippen LogP contribution in [0.4, 0.5) is 0 Å². The van der Waals surface area contributed by atoms with Gasteiger partial charge in [-0.2, -0.15) is 0 Å². The van der Waals surface area contributed by atoms with Gasteiger partial charge in [-0.25, -0.2) is 0 Å². The molecule has 0 bridgehead atoms. The van der Waals surface area contributed by atoms with Crippen LogP contribution >= 0.6 is 0 Å². The van der Waals surface area contributed by atoms with Crippen molar-refractivity contribution in [3.05, 3.63) is 0 Å². The molecule has 0 aromatic rings. The van der Waals surface area contributed by atoms with Gasteiger partial charge in [0.2, 0.25) is 0 Å². The molecule has 0 aromatic heterocycles. The molecule has 0 amide bonds. The summed E-state index contributed by atoms with van der Waals surface area (Å²) in [4.78, 5) is 0. The molecule has 0 aromatic carbocycles. The third-order valence-corrected chi connectivity index (χ3v) is 0.952. The fourth-order valence-corrected chi connectivity index (χ4v) is 0.496. The Morgan fingerprint density at radius 2 is 2.14 bits per heavy atom. The Hall–Kier alpha value is 0.0249. The third kappa shape index (κ3) is 6.02. The normalized spacial score (nSPS) is 9.29. The van der Waals surface area contributed by atoms with E-state index in [1.807, 2.05) is 0 Å². The van der Waals surface area contributed by atoms with Gasteiger partial charge in [-0.3, -0.25) is 0 Å². The highest BCUT2D eigenvalue weighted by Gasteiger charge is 1.79. The summed E-state index contributed by atoms with van der Waals surface area (Å²) >= 11 is 0. The molecule has 0 rings (SSSR count). The van der Waals surface area contributed by atoms with Crippen molar-refractivity contribution in [2.24, 2.45) is 0 Å². The molecule has 0 saturated carbocycles. The van der Waals surface area contributed by atoms with Crippen molar-refractivity contribution in [2.45, 2.75) is 26.2 Å². The van der Waals surface area contributed by atoms with E-state index in [4.69, 9.17) is 4.65 Å². The van der Waals surface area contributed by atoms with Gasteiger partial charge in [-0.15, -0.1) is 0 Å². The van der Waals surface area contributed by atoms with Gasteiger partial charge >= 0.3 is 0 Å². The first-order chi connectivity index (χ1) is 3.41. The van der Waals surface area contributed by atoms with Crippen molar-refractivity contribution < 1.29 is 4.65 Å². The molecule has 0 atom stereocenters. The summed E-state index contributed by atoms with van der Waals surface area (Å²) < 4.78 is 4.84. The molecule has 0 unspecified atom stereocenters. The summed E-state index contributed by atoms with van der Waals surface area (Å²) in [7, 11) is 1.75. The Labute approximate surface area is 46.5 Å². The Morgan fingerprint density at radius 3 is 2.57 bits per heavy atom. The second-order valence-corrected chi connectivity index (χ2v) is 1.70. The SMILES string of the molecule is BOCCCCC. The van der Waals surface area contributed by atoms with E-state index in [2.05, 4.69) is 6.92 Å². The summed E-state index contributed by atoms with van der Waals surface area (Å²) in [5, 5.41) is 0. The zero-order valence-corrected chi connectivity index (χ0v) is 5.24. The molecule has 0 heterocycles. The first-order valence-electron chi connectivity index (χ1n) is 2.90. The molecule has 2 heteroatoms. The van der Waals surface area contributed by atoms with Crippen LogP contribution in [0.5, 0.6) is 0 Å². The monoisotopic (exact) mass is 100 g/mol. The average molecular weight is 100.0 g/mol. The van der Waals surface area contributed by atoms with Gasteiger partial charge in [0.05, 0.1) is 0 Å². The zero-order chi connectivity index (χ0) is 5.54. The van der Waals surface area contributed by atoms with E-state index in [-0.39, 0.29) is 0 Å². The quantitative estimate of drug-likeness (QED) is 0.374. The lowest BCUT2D eigenvalue weighted by molar-refractivity contribution is 0.335. The highest BCUT2D eigenvalue weighted by Crippen LogP contribution is 1.91. The Balaban J connectivity index is 2.45. The van der Waals surface area contributed by atoms with E-state index in [1.54, 1.807) is 8.05 Å². The van der Waals surface area contributed by atoms with E-state index >= 15 is 0 Å². The maximum atomic E-state index is 4.84. The van der Waals surface area contributed by atoms with Crippen molar-refractivity contribution in [1.82, 2.24) is 0 Å². The van der Waals surface area contributed by atoms with Crippen molar-refractivity contribution in [3.8, 4) is 0 Å².